The van der Waals surface area contributed by atoms with Gasteiger partial charge in [-0.25, -0.2) is 4.98 Å². The van der Waals surface area contributed by atoms with Gasteiger partial charge in [-0.1, -0.05) is 24.6 Å². The van der Waals surface area contributed by atoms with E-state index in [-0.39, 0.29) is 17.1 Å². The van der Waals surface area contributed by atoms with Gasteiger partial charge in [-0.3, -0.25) is 9.59 Å². The fourth-order valence-corrected chi connectivity index (χ4v) is 4.92. The molecular formula is C26H29N5O2. The Hall–Kier alpha value is -3.45. The number of hydrogen-bond acceptors (Lipinski definition) is 4. The Labute approximate surface area is 192 Å². The smallest absolute Gasteiger partial charge is 0.252 e. The van der Waals surface area contributed by atoms with E-state index in [1.165, 1.54) is 0 Å². The van der Waals surface area contributed by atoms with E-state index < -0.39 is 0 Å². The molecule has 4 heterocycles. The number of piperidine rings is 1. The first-order valence-electron chi connectivity index (χ1n) is 11.7. The van der Waals surface area contributed by atoms with Crippen LogP contribution in [-0.2, 0) is 0 Å². The maximum Gasteiger partial charge on any atom is 0.252 e. The van der Waals surface area contributed by atoms with Gasteiger partial charge in [0.25, 0.3) is 5.91 Å². The number of unbranched alkanes of at least 4 members (excludes halogenated alkanes) is 1. The maximum atomic E-state index is 13.6. The van der Waals surface area contributed by atoms with Crippen LogP contribution in [0.1, 0.15) is 53.0 Å². The molecule has 0 spiro atoms. The molecule has 5 rings (SSSR count). The summed E-state index contributed by atoms with van der Waals surface area (Å²) >= 11 is 0. The number of nitrogens with zero attached hydrogens (tertiary/aromatic N) is 2. The van der Waals surface area contributed by atoms with Gasteiger partial charge in [0.05, 0.1) is 11.3 Å². The first-order valence-corrected chi connectivity index (χ1v) is 11.7. The Balaban J connectivity index is 1.19. The second-order valence-electron chi connectivity index (χ2n) is 8.95. The predicted molar refractivity (Wildman–Crippen MR) is 129 cm³/mol. The van der Waals surface area contributed by atoms with Crippen molar-refractivity contribution in [2.75, 3.05) is 19.6 Å². The Kier molecular flexibility index (Phi) is 5.96. The van der Waals surface area contributed by atoms with Gasteiger partial charge in [0.1, 0.15) is 5.65 Å². The summed E-state index contributed by atoms with van der Waals surface area (Å²) in [6.45, 7) is 2.31. The molecule has 170 valence electrons. The van der Waals surface area contributed by atoms with Crippen molar-refractivity contribution in [2.24, 2.45) is 5.41 Å². The third-order valence-corrected chi connectivity index (χ3v) is 6.84. The first-order chi connectivity index (χ1) is 16.1. The highest BCUT2D eigenvalue weighted by atomic mass is 16.1. The summed E-state index contributed by atoms with van der Waals surface area (Å²) < 4.78 is 1.84. The number of para-hydroxylation sites is 1. The molecule has 7 heteroatoms. The van der Waals surface area contributed by atoms with Crippen LogP contribution in [0.15, 0.2) is 61.1 Å². The van der Waals surface area contributed by atoms with E-state index in [2.05, 4.69) is 20.6 Å². The van der Waals surface area contributed by atoms with Crippen molar-refractivity contribution in [1.29, 1.82) is 0 Å². The van der Waals surface area contributed by atoms with Crippen molar-refractivity contribution in [3.63, 3.8) is 0 Å². The number of fused-ring (bicyclic) bond motifs is 2. The van der Waals surface area contributed by atoms with E-state index >= 15 is 0 Å². The topological polar surface area (TPSA) is 91.3 Å². The van der Waals surface area contributed by atoms with Gasteiger partial charge in [-0.15, -0.1) is 0 Å². The van der Waals surface area contributed by atoms with Crippen LogP contribution < -0.4 is 10.6 Å². The number of carbonyl (C=O) groups excluding carboxylic acids is 2. The molecule has 7 nitrogen and oxygen atoms in total. The number of pyridine rings is 1. The van der Waals surface area contributed by atoms with E-state index in [1.807, 2.05) is 47.0 Å². The molecule has 0 saturated carbocycles. The van der Waals surface area contributed by atoms with E-state index in [0.29, 0.717) is 17.8 Å². The Bertz CT molecular complexity index is 1250. The molecule has 4 aromatic rings. The van der Waals surface area contributed by atoms with Crippen LogP contribution in [0.25, 0.3) is 16.6 Å². The molecule has 1 aliphatic heterocycles. The van der Waals surface area contributed by atoms with Crippen LogP contribution in [-0.4, -0.2) is 45.7 Å². The second-order valence-corrected chi connectivity index (χ2v) is 8.95. The quantitative estimate of drug-likeness (QED) is 0.284. The summed E-state index contributed by atoms with van der Waals surface area (Å²) in [5.41, 5.74) is 2.80. The number of H-pyrrole nitrogens is 1. The molecule has 0 aliphatic carbocycles. The van der Waals surface area contributed by atoms with Gasteiger partial charge in [0.15, 0.2) is 5.78 Å². The van der Waals surface area contributed by atoms with E-state index in [9.17, 15) is 9.59 Å². The molecule has 1 saturated heterocycles. The van der Waals surface area contributed by atoms with Crippen LogP contribution in [0, 0.1) is 5.41 Å². The van der Waals surface area contributed by atoms with Crippen LogP contribution in [0.3, 0.4) is 0 Å². The molecule has 33 heavy (non-hydrogen) atoms. The summed E-state index contributed by atoms with van der Waals surface area (Å²) in [6, 6.07) is 13.6. The molecule has 1 amide bonds. The lowest BCUT2D eigenvalue weighted by Crippen LogP contribution is -2.42. The highest BCUT2D eigenvalue weighted by Crippen LogP contribution is 2.38. The highest BCUT2D eigenvalue weighted by Gasteiger charge is 2.39. The lowest BCUT2D eigenvalue weighted by molar-refractivity contribution is 0.0694. The monoisotopic (exact) mass is 443 g/mol. The lowest BCUT2D eigenvalue weighted by Gasteiger charge is -2.36. The number of nitrogens with one attached hydrogen (secondary N) is 3. The van der Waals surface area contributed by atoms with Crippen molar-refractivity contribution in [3.8, 4) is 0 Å². The molecule has 0 radical (unpaired) electrons. The normalized spacial score (nSPS) is 15.6. The van der Waals surface area contributed by atoms with Gasteiger partial charge in [-0.05, 0) is 63.0 Å². The number of hydrogen-bond donors (Lipinski definition) is 3. The predicted octanol–water partition coefficient (Wildman–Crippen LogP) is 3.97. The number of Topliss-reactive ketones (excluding diaryl/α,β-unsaturated/α-hetero) is 1. The molecule has 1 aromatic carbocycles. The van der Waals surface area contributed by atoms with Crippen LogP contribution >= 0.6 is 0 Å². The van der Waals surface area contributed by atoms with Gasteiger partial charge in [0, 0.05) is 41.5 Å². The second kappa shape index (κ2) is 9.19. The van der Waals surface area contributed by atoms with E-state index in [1.54, 1.807) is 18.5 Å². The minimum absolute atomic E-state index is 0.0867. The zero-order chi connectivity index (χ0) is 22.7. The molecule has 1 fully saturated rings. The highest BCUT2D eigenvalue weighted by molar-refractivity contribution is 6.03. The molecule has 0 atom stereocenters. The molecule has 1 aliphatic rings. The zero-order valence-electron chi connectivity index (χ0n) is 18.6. The van der Waals surface area contributed by atoms with Gasteiger partial charge < -0.3 is 20.0 Å². The molecule has 3 aromatic heterocycles. The summed E-state index contributed by atoms with van der Waals surface area (Å²) in [5, 5.41) is 7.47. The Morgan fingerprint density at radius 2 is 1.94 bits per heavy atom. The molecule has 0 bridgehead atoms. The number of carbonyl (C=O) groups is 2. The van der Waals surface area contributed by atoms with E-state index in [4.69, 9.17) is 0 Å². The van der Waals surface area contributed by atoms with Crippen molar-refractivity contribution < 1.29 is 9.59 Å². The molecule has 0 unspecified atom stereocenters. The van der Waals surface area contributed by atoms with Gasteiger partial charge >= 0.3 is 0 Å². The van der Waals surface area contributed by atoms with Crippen molar-refractivity contribution in [1.82, 2.24) is 25.0 Å². The summed E-state index contributed by atoms with van der Waals surface area (Å²) in [7, 11) is 0. The standard InChI is InChI=1S/C26H29N5O2/c32-24(22-17-19-5-1-2-6-21(19)30-22)26(10-13-27-14-11-26)9-3-4-12-29-25(33)20-7-8-23-28-15-16-31(23)18-20/h1-2,5-8,15-18,27,30H,3-4,9-14H2,(H,29,33). The average molecular weight is 444 g/mol. The summed E-state index contributed by atoms with van der Waals surface area (Å²) in [6.07, 6.45) is 9.60. The average Bonchev–Trinajstić information content (AvgIpc) is 3.50. The number of rotatable bonds is 8. The number of amides is 1. The Morgan fingerprint density at radius 1 is 1.09 bits per heavy atom. The third kappa shape index (κ3) is 4.41. The summed E-state index contributed by atoms with van der Waals surface area (Å²) in [5.74, 6) is 0.134. The fourth-order valence-electron chi connectivity index (χ4n) is 4.92. The SMILES string of the molecule is O=C(NCCCCC1(C(=O)c2cc3ccccc3[nH]2)CCNCC1)c1ccc2nccn2c1. The fraction of sp³-hybridized carbons (Fsp3) is 0.346. The lowest BCUT2D eigenvalue weighted by atomic mass is 9.71. The Morgan fingerprint density at radius 3 is 2.79 bits per heavy atom. The molecule has 3 N–H and O–H groups in total. The number of aromatic amines is 1. The third-order valence-electron chi connectivity index (χ3n) is 6.84. The number of ketones is 1. The van der Waals surface area contributed by atoms with Crippen LogP contribution in [0.2, 0.25) is 0 Å². The zero-order valence-corrected chi connectivity index (χ0v) is 18.6. The van der Waals surface area contributed by atoms with Gasteiger partial charge in [0.2, 0.25) is 0 Å². The van der Waals surface area contributed by atoms with Crippen molar-refractivity contribution >= 4 is 28.2 Å². The van der Waals surface area contributed by atoms with Gasteiger partial charge in [-0.2, -0.15) is 0 Å². The van der Waals surface area contributed by atoms with Crippen molar-refractivity contribution in [2.45, 2.75) is 32.1 Å². The summed E-state index contributed by atoms with van der Waals surface area (Å²) in [4.78, 5) is 33.6. The van der Waals surface area contributed by atoms with E-state index in [0.717, 1.165) is 61.7 Å². The minimum Gasteiger partial charge on any atom is -0.352 e. The van der Waals surface area contributed by atoms with Crippen LogP contribution in [0.5, 0.6) is 0 Å². The van der Waals surface area contributed by atoms with Crippen molar-refractivity contribution in [3.05, 3.63) is 72.3 Å². The molecular weight excluding hydrogens is 414 g/mol. The largest absolute Gasteiger partial charge is 0.352 e. The minimum atomic E-state index is -0.345. The maximum absolute atomic E-state index is 13.6. The van der Waals surface area contributed by atoms with Crippen LogP contribution in [0.4, 0.5) is 0 Å². The number of benzene rings is 1. The number of aromatic nitrogens is 3. The number of imidazole rings is 1. The first kappa shape index (κ1) is 21.4.